The van der Waals surface area contributed by atoms with Crippen molar-refractivity contribution in [1.29, 1.82) is 0 Å². The number of nitrogens with one attached hydrogen (secondary N) is 1. The quantitative estimate of drug-likeness (QED) is 0.695. The van der Waals surface area contributed by atoms with Gasteiger partial charge in [-0.3, -0.25) is 9.36 Å². The first kappa shape index (κ1) is 16.9. The molecule has 6 heteroatoms. The summed E-state index contributed by atoms with van der Waals surface area (Å²) < 4.78 is 1.77. The molecule has 0 saturated carbocycles. The van der Waals surface area contributed by atoms with Crippen LogP contribution in [0.2, 0.25) is 0 Å². The highest BCUT2D eigenvalue weighted by Crippen LogP contribution is 2.19. The molecule has 0 radical (unpaired) electrons. The van der Waals surface area contributed by atoms with Crippen molar-refractivity contribution in [2.45, 2.75) is 18.9 Å². The van der Waals surface area contributed by atoms with E-state index >= 15 is 0 Å². The SMILES string of the molecule is O=C(NC(CCCO)c1ccccc1)c1ccc(-n2cnnc2)cc1. The van der Waals surface area contributed by atoms with Crippen LogP contribution in [0.25, 0.3) is 5.69 Å². The Morgan fingerprint density at radius 2 is 1.72 bits per heavy atom. The minimum atomic E-state index is -0.137. The van der Waals surface area contributed by atoms with Gasteiger partial charge in [0.05, 0.1) is 6.04 Å². The van der Waals surface area contributed by atoms with Gasteiger partial charge in [-0.2, -0.15) is 0 Å². The second kappa shape index (κ2) is 8.21. The summed E-state index contributed by atoms with van der Waals surface area (Å²) in [5, 5.41) is 19.7. The van der Waals surface area contributed by atoms with Crippen LogP contribution in [-0.4, -0.2) is 32.4 Å². The van der Waals surface area contributed by atoms with E-state index in [4.69, 9.17) is 5.11 Å². The Labute approximate surface area is 146 Å². The van der Waals surface area contributed by atoms with E-state index in [1.165, 1.54) is 0 Å². The van der Waals surface area contributed by atoms with E-state index < -0.39 is 0 Å². The van der Waals surface area contributed by atoms with Crippen LogP contribution in [-0.2, 0) is 0 Å². The van der Waals surface area contributed by atoms with Crippen molar-refractivity contribution in [2.24, 2.45) is 0 Å². The minimum absolute atomic E-state index is 0.104. The summed E-state index contributed by atoms with van der Waals surface area (Å²) in [6, 6.07) is 16.9. The molecule has 0 aliphatic rings. The molecule has 1 atom stereocenters. The molecule has 1 heterocycles. The van der Waals surface area contributed by atoms with Crippen LogP contribution in [0.4, 0.5) is 0 Å². The third kappa shape index (κ3) is 4.30. The summed E-state index contributed by atoms with van der Waals surface area (Å²) in [5.41, 5.74) is 2.51. The summed E-state index contributed by atoms with van der Waals surface area (Å²) >= 11 is 0. The lowest BCUT2D eigenvalue weighted by molar-refractivity contribution is 0.0932. The zero-order chi connectivity index (χ0) is 17.5. The molecule has 2 N–H and O–H groups in total. The Morgan fingerprint density at radius 3 is 2.36 bits per heavy atom. The molecule has 3 rings (SSSR count). The van der Waals surface area contributed by atoms with Crippen molar-refractivity contribution >= 4 is 5.91 Å². The van der Waals surface area contributed by atoms with Gasteiger partial charge >= 0.3 is 0 Å². The van der Waals surface area contributed by atoms with Gasteiger partial charge in [0.1, 0.15) is 12.7 Å². The molecule has 1 unspecified atom stereocenters. The molecule has 6 nitrogen and oxygen atoms in total. The Kier molecular flexibility index (Phi) is 5.53. The fraction of sp³-hybridized carbons (Fsp3) is 0.211. The van der Waals surface area contributed by atoms with Gasteiger partial charge in [0.15, 0.2) is 0 Å². The van der Waals surface area contributed by atoms with Gasteiger partial charge in [0.25, 0.3) is 5.91 Å². The lowest BCUT2D eigenvalue weighted by Crippen LogP contribution is -2.28. The summed E-state index contributed by atoms with van der Waals surface area (Å²) in [4.78, 5) is 12.6. The topological polar surface area (TPSA) is 80.0 Å². The van der Waals surface area contributed by atoms with Crippen molar-refractivity contribution in [3.8, 4) is 5.69 Å². The number of rotatable bonds is 7. The van der Waals surface area contributed by atoms with Gasteiger partial charge in [-0.15, -0.1) is 10.2 Å². The molecule has 0 fully saturated rings. The fourth-order valence-corrected chi connectivity index (χ4v) is 2.66. The fourth-order valence-electron chi connectivity index (χ4n) is 2.66. The number of carbonyl (C=O) groups is 1. The van der Waals surface area contributed by atoms with E-state index in [9.17, 15) is 4.79 Å². The molecule has 3 aromatic rings. The number of amides is 1. The number of aliphatic hydroxyl groups excluding tert-OH is 1. The number of hydrogen-bond acceptors (Lipinski definition) is 4. The van der Waals surface area contributed by atoms with Crippen LogP contribution < -0.4 is 5.32 Å². The predicted octanol–water partition coefficient (Wildman–Crippen LogP) is 2.51. The summed E-state index contributed by atoms with van der Waals surface area (Å²) in [6.07, 6.45) is 4.53. The largest absolute Gasteiger partial charge is 0.396 e. The monoisotopic (exact) mass is 336 g/mol. The minimum Gasteiger partial charge on any atom is -0.396 e. The van der Waals surface area contributed by atoms with Crippen LogP contribution in [0.5, 0.6) is 0 Å². The van der Waals surface area contributed by atoms with Crippen LogP contribution in [0.1, 0.15) is 34.8 Å². The first-order valence-electron chi connectivity index (χ1n) is 8.19. The average molecular weight is 336 g/mol. The first-order chi connectivity index (χ1) is 12.3. The van der Waals surface area contributed by atoms with E-state index in [1.54, 1.807) is 29.4 Å². The van der Waals surface area contributed by atoms with Gasteiger partial charge in [-0.1, -0.05) is 30.3 Å². The third-order valence-electron chi connectivity index (χ3n) is 4.00. The molecule has 0 aliphatic carbocycles. The zero-order valence-corrected chi connectivity index (χ0v) is 13.7. The van der Waals surface area contributed by atoms with Crippen LogP contribution in [0, 0.1) is 0 Å². The number of hydrogen-bond donors (Lipinski definition) is 2. The van der Waals surface area contributed by atoms with Crippen LogP contribution >= 0.6 is 0 Å². The molecular weight excluding hydrogens is 316 g/mol. The molecular formula is C19H20N4O2. The van der Waals surface area contributed by atoms with Crippen LogP contribution in [0.3, 0.4) is 0 Å². The lowest BCUT2D eigenvalue weighted by atomic mass is 10.0. The molecule has 2 aromatic carbocycles. The molecule has 0 aliphatic heterocycles. The Bertz CT molecular complexity index is 786. The highest BCUT2D eigenvalue weighted by molar-refractivity contribution is 5.94. The zero-order valence-electron chi connectivity index (χ0n) is 13.7. The Balaban J connectivity index is 1.72. The molecule has 0 saturated heterocycles. The molecule has 1 amide bonds. The Hall–Kier alpha value is -2.99. The number of nitrogens with zero attached hydrogens (tertiary/aromatic N) is 3. The molecule has 128 valence electrons. The van der Waals surface area contributed by atoms with Crippen LogP contribution in [0.15, 0.2) is 67.3 Å². The summed E-state index contributed by atoms with van der Waals surface area (Å²) in [6.45, 7) is 0.104. The molecule has 1 aromatic heterocycles. The molecule has 25 heavy (non-hydrogen) atoms. The average Bonchev–Trinajstić information content (AvgIpc) is 3.20. The number of carbonyl (C=O) groups excluding carboxylic acids is 1. The summed E-state index contributed by atoms with van der Waals surface area (Å²) in [7, 11) is 0. The maximum Gasteiger partial charge on any atom is 0.251 e. The summed E-state index contributed by atoms with van der Waals surface area (Å²) in [5.74, 6) is -0.137. The maximum absolute atomic E-state index is 12.6. The van der Waals surface area contributed by atoms with Gasteiger partial charge in [-0.05, 0) is 42.7 Å². The van der Waals surface area contributed by atoms with Crippen molar-refractivity contribution < 1.29 is 9.90 Å². The highest BCUT2D eigenvalue weighted by Gasteiger charge is 2.15. The van der Waals surface area contributed by atoms with Gasteiger partial charge < -0.3 is 10.4 Å². The van der Waals surface area contributed by atoms with E-state index in [-0.39, 0.29) is 18.6 Å². The van der Waals surface area contributed by atoms with E-state index in [1.807, 2.05) is 42.5 Å². The molecule has 0 bridgehead atoms. The first-order valence-corrected chi connectivity index (χ1v) is 8.19. The maximum atomic E-state index is 12.6. The van der Waals surface area contributed by atoms with E-state index in [0.717, 1.165) is 11.3 Å². The highest BCUT2D eigenvalue weighted by atomic mass is 16.3. The number of aromatic nitrogens is 3. The second-order valence-electron chi connectivity index (χ2n) is 5.72. The van der Waals surface area contributed by atoms with Gasteiger partial charge in [0, 0.05) is 17.9 Å². The second-order valence-corrected chi connectivity index (χ2v) is 5.72. The normalized spacial score (nSPS) is 11.9. The number of benzene rings is 2. The number of aliphatic hydroxyl groups is 1. The van der Waals surface area contributed by atoms with Gasteiger partial charge in [0.2, 0.25) is 0 Å². The van der Waals surface area contributed by atoms with Crippen molar-refractivity contribution in [3.63, 3.8) is 0 Å². The molecule has 0 spiro atoms. The standard InChI is InChI=1S/C19H20N4O2/c24-12-4-7-18(15-5-2-1-3-6-15)22-19(25)16-8-10-17(11-9-16)23-13-20-21-14-23/h1-3,5-6,8-11,13-14,18,24H,4,7,12H2,(H,22,25). The van der Waals surface area contributed by atoms with E-state index in [2.05, 4.69) is 15.5 Å². The van der Waals surface area contributed by atoms with E-state index in [0.29, 0.717) is 18.4 Å². The third-order valence-corrected chi connectivity index (χ3v) is 4.00. The van der Waals surface area contributed by atoms with Crippen molar-refractivity contribution in [3.05, 3.63) is 78.4 Å². The predicted molar refractivity (Wildman–Crippen MR) is 94.3 cm³/mol. The van der Waals surface area contributed by atoms with Crippen molar-refractivity contribution in [1.82, 2.24) is 20.1 Å². The lowest BCUT2D eigenvalue weighted by Gasteiger charge is -2.19. The van der Waals surface area contributed by atoms with Crippen molar-refractivity contribution in [2.75, 3.05) is 6.61 Å². The smallest absolute Gasteiger partial charge is 0.251 e. The van der Waals surface area contributed by atoms with Gasteiger partial charge in [-0.25, -0.2) is 0 Å². The Morgan fingerprint density at radius 1 is 1.04 bits per heavy atom.